The Morgan fingerprint density at radius 2 is 1.06 bits per heavy atom. The van der Waals surface area contributed by atoms with Gasteiger partial charge in [0.05, 0.1) is 0 Å². The lowest BCUT2D eigenvalue weighted by Crippen LogP contribution is -2.36. The van der Waals surface area contributed by atoms with Crippen LogP contribution in [0.25, 0.3) is 0 Å². The first-order chi connectivity index (χ1) is 15.2. The Balaban J connectivity index is 1.73. The third-order valence-electron chi connectivity index (χ3n) is 5.22. The topological polar surface area (TPSA) is 26.3 Å². The number of hydrogen-bond acceptors (Lipinski definition) is 2. The number of ketones is 1. The van der Waals surface area contributed by atoms with Crippen LogP contribution >= 0.6 is 18.9 Å². The summed E-state index contributed by atoms with van der Waals surface area (Å²) in [6.07, 6.45) is 0.401. The second-order valence-electron chi connectivity index (χ2n) is 7.26. The van der Waals surface area contributed by atoms with Gasteiger partial charge in [0, 0.05) is 5.02 Å². The molecule has 0 saturated heterocycles. The van der Waals surface area contributed by atoms with E-state index in [1.54, 1.807) is 24.3 Å². The van der Waals surface area contributed by atoms with Gasteiger partial charge >= 0.3 is 0 Å². The van der Waals surface area contributed by atoms with Crippen LogP contribution in [0.15, 0.2) is 115 Å². The van der Waals surface area contributed by atoms with E-state index < -0.39 is 7.26 Å². The molecule has 4 rings (SSSR count). The van der Waals surface area contributed by atoms with Crippen molar-refractivity contribution < 1.29 is 9.53 Å². The molecule has 0 amide bonds. The quantitative estimate of drug-likeness (QED) is 0.345. The molecular weight excluding hydrogens is 423 g/mol. The molecule has 0 aliphatic heterocycles. The lowest BCUT2D eigenvalue weighted by molar-refractivity contribution is -0.118. The fraction of sp³-hybridized carbons (Fsp3) is 0.0741. The maximum atomic E-state index is 13.3. The van der Waals surface area contributed by atoms with E-state index in [0.717, 1.165) is 0 Å². The van der Waals surface area contributed by atoms with E-state index in [9.17, 15) is 4.79 Å². The summed E-state index contributed by atoms with van der Waals surface area (Å²) in [6.45, 7) is 0.0237. The molecule has 0 aliphatic rings. The molecule has 0 fully saturated rings. The second kappa shape index (κ2) is 9.92. The second-order valence-corrected chi connectivity index (χ2v) is 11.2. The fourth-order valence-corrected chi connectivity index (χ4v) is 8.01. The highest BCUT2D eigenvalue weighted by Crippen LogP contribution is 2.55. The molecule has 0 N–H and O–H groups in total. The summed E-state index contributed by atoms with van der Waals surface area (Å²) in [5.74, 6) is 0.709. The van der Waals surface area contributed by atoms with Gasteiger partial charge in [-0.3, -0.25) is 4.79 Å². The Kier molecular flexibility index (Phi) is 6.82. The Labute approximate surface area is 188 Å². The molecule has 4 heteroatoms. The van der Waals surface area contributed by atoms with Crippen molar-refractivity contribution in [3.05, 3.63) is 120 Å². The van der Waals surface area contributed by atoms with Crippen LogP contribution in [0.1, 0.15) is 0 Å². The molecule has 154 valence electrons. The number of carbonyl (C=O) groups is 1. The maximum absolute atomic E-state index is 13.3. The molecule has 0 aliphatic carbocycles. The van der Waals surface area contributed by atoms with Crippen molar-refractivity contribution in [2.75, 3.05) is 12.8 Å². The Bertz CT molecular complexity index is 1020. The molecule has 4 aromatic rings. The first-order valence-corrected chi connectivity index (χ1v) is 12.5. The molecule has 0 aromatic heterocycles. The molecule has 0 bridgehead atoms. The summed E-state index contributed by atoms with van der Waals surface area (Å²) in [6, 6.07) is 38.2. The van der Waals surface area contributed by atoms with Crippen molar-refractivity contribution in [1.29, 1.82) is 0 Å². The van der Waals surface area contributed by atoms with Gasteiger partial charge in [-0.1, -0.05) is 66.2 Å². The zero-order chi connectivity index (χ0) is 21.5. The van der Waals surface area contributed by atoms with Gasteiger partial charge in [0.15, 0.2) is 6.61 Å². The van der Waals surface area contributed by atoms with E-state index in [-0.39, 0.29) is 12.4 Å². The van der Waals surface area contributed by atoms with E-state index in [2.05, 4.69) is 36.4 Å². The first-order valence-electron chi connectivity index (χ1n) is 10.1. The molecule has 0 atom stereocenters. The van der Waals surface area contributed by atoms with Gasteiger partial charge in [-0.2, -0.15) is 0 Å². The number of ether oxygens (including phenoxy) is 1. The molecule has 0 unspecified atom stereocenters. The lowest BCUT2D eigenvalue weighted by atomic mass is 10.3. The Hall–Kier alpha value is -2.93. The molecule has 0 spiro atoms. The van der Waals surface area contributed by atoms with Crippen LogP contribution < -0.4 is 20.7 Å². The molecule has 0 radical (unpaired) electrons. The van der Waals surface area contributed by atoms with Crippen molar-refractivity contribution in [2.45, 2.75) is 0 Å². The third kappa shape index (κ3) is 4.88. The summed E-state index contributed by atoms with van der Waals surface area (Å²) >= 11 is 5.95. The maximum Gasteiger partial charge on any atom is 0.208 e. The number of carbonyl (C=O) groups excluding carboxylic acids is 1. The van der Waals surface area contributed by atoms with Crippen molar-refractivity contribution in [2.24, 2.45) is 0 Å². The van der Waals surface area contributed by atoms with Crippen LogP contribution in [0.5, 0.6) is 5.75 Å². The van der Waals surface area contributed by atoms with Crippen LogP contribution in [0.3, 0.4) is 0 Å². The fourth-order valence-electron chi connectivity index (χ4n) is 3.77. The lowest BCUT2D eigenvalue weighted by Gasteiger charge is -2.27. The molecule has 2 nitrogen and oxygen atoms in total. The molecule has 31 heavy (non-hydrogen) atoms. The molecular formula is C27H23ClO2P+. The summed E-state index contributed by atoms with van der Waals surface area (Å²) in [5.41, 5.74) is 0. The highest BCUT2D eigenvalue weighted by molar-refractivity contribution is 7.96. The summed E-state index contributed by atoms with van der Waals surface area (Å²) < 4.78 is 5.79. The standard InChI is InChI=1S/C27H23ClO2P/c28-22-16-18-24(19-17-22)30-20-23(29)21-31(25-10-4-1-5-11-25,26-12-6-2-7-13-26)27-14-8-3-9-15-27/h1-19H,20-21H2/q+1. The van der Waals surface area contributed by atoms with Crippen LogP contribution in [0.2, 0.25) is 5.02 Å². The van der Waals surface area contributed by atoms with Crippen molar-refractivity contribution in [3.8, 4) is 5.75 Å². The third-order valence-corrected chi connectivity index (χ3v) is 9.84. The largest absolute Gasteiger partial charge is 0.486 e. The first kappa shape index (κ1) is 21.3. The zero-order valence-corrected chi connectivity index (χ0v) is 18.7. The predicted octanol–water partition coefficient (Wildman–Crippen LogP) is 5.28. The monoisotopic (exact) mass is 445 g/mol. The van der Waals surface area contributed by atoms with Gasteiger partial charge in [-0.05, 0) is 60.7 Å². The van der Waals surface area contributed by atoms with Crippen LogP contribution in [0.4, 0.5) is 0 Å². The number of benzene rings is 4. The molecule has 4 aromatic carbocycles. The minimum Gasteiger partial charge on any atom is -0.486 e. The van der Waals surface area contributed by atoms with Crippen molar-refractivity contribution in [3.63, 3.8) is 0 Å². The van der Waals surface area contributed by atoms with Crippen LogP contribution in [-0.4, -0.2) is 18.6 Å². The van der Waals surface area contributed by atoms with Crippen LogP contribution in [0, 0.1) is 0 Å². The number of rotatable bonds is 8. The smallest absolute Gasteiger partial charge is 0.208 e. The van der Waals surface area contributed by atoms with E-state index in [4.69, 9.17) is 16.3 Å². The summed E-state index contributed by atoms with van der Waals surface area (Å²) in [5, 5.41) is 4.20. The van der Waals surface area contributed by atoms with E-state index in [1.165, 1.54) is 15.9 Å². The summed E-state index contributed by atoms with van der Waals surface area (Å²) in [7, 11) is -2.19. The van der Waals surface area contributed by atoms with Crippen molar-refractivity contribution in [1.82, 2.24) is 0 Å². The van der Waals surface area contributed by atoms with E-state index in [0.29, 0.717) is 16.9 Å². The van der Waals surface area contributed by atoms with Gasteiger partial charge in [0.25, 0.3) is 0 Å². The Morgan fingerprint density at radius 1 is 0.645 bits per heavy atom. The highest BCUT2D eigenvalue weighted by atomic mass is 35.5. The number of Topliss-reactive ketones (excluding diaryl/α,β-unsaturated/α-hetero) is 1. The summed E-state index contributed by atoms with van der Waals surface area (Å²) in [4.78, 5) is 13.3. The van der Waals surface area contributed by atoms with E-state index >= 15 is 0 Å². The highest BCUT2D eigenvalue weighted by Gasteiger charge is 2.47. The van der Waals surface area contributed by atoms with Crippen molar-refractivity contribution >= 4 is 40.6 Å². The average Bonchev–Trinajstić information content (AvgIpc) is 2.84. The van der Waals surface area contributed by atoms with Gasteiger partial charge in [-0.15, -0.1) is 0 Å². The number of halogens is 1. The Morgan fingerprint density at radius 3 is 1.48 bits per heavy atom. The minimum absolute atomic E-state index is 0.0237. The average molecular weight is 446 g/mol. The minimum atomic E-state index is -2.19. The predicted molar refractivity (Wildman–Crippen MR) is 132 cm³/mol. The molecule has 0 saturated carbocycles. The number of hydrogen-bond donors (Lipinski definition) is 0. The van der Waals surface area contributed by atoms with Gasteiger partial charge in [0.2, 0.25) is 5.78 Å². The SMILES string of the molecule is O=C(COc1ccc(Cl)cc1)C[P+](c1ccccc1)(c1ccccc1)c1ccccc1. The van der Waals surface area contributed by atoms with E-state index in [1.807, 2.05) is 54.6 Å². The van der Waals surface area contributed by atoms with Gasteiger partial charge in [-0.25, -0.2) is 0 Å². The van der Waals surface area contributed by atoms with Gasteiger partial charge < -0.3 is 4.74 Å². The zero-order valence-electron chi connectivity index (χ0n) is 17.0. The molecule has 0 heterocycles. The normalized spacial score (nSPS) is 11.1. The van der Waals surface area contributed by atoms with Crippen LogP contribution in [-0.2, 0) is 4.79 Å². The van der Waals surface area contributed by atoms with Gasteiger partial charge in [0.1, 0.15) is 35.1 Å².